The number of nitrogen functional groups attached to an aromatic ring is 1. The first kappa shape index (κ1) is 21.4. The maximum atomic E-state index is 13.4. The number of hydrogen-bond donors (Lipinski definition) is 2. The number of H-pyrrole nitrogens is 1. The summed E-state index contributed by atoms with van der Waals surface area (Å²) >= 11 is 0. The quantitative estimate of drug-likeness (QED) is 0.680. The molecule has 1 heterocycles. The molecule has 0 radical (unpaired) electrons. The van der Waals surface area contributed by atoms with Crippen LogP contribution in [0.3, 0.4) is 0 Å². The fourth-order valence-electron chi connectivity index (χ4n) is 5.40. The predicted octanol–water partition coefficient (Wildman–Crippen LogP) is 3.13. The molecule has 0 spiro atoms. The number of carbonyl (C=O) groups is 1. The van der Waals surface area contributed by atoms with Crippen LogP contribution >= 0.6 is 0 Å². The number of anilines is 2. The lowest BCUT2D eigenvalue weighted by Crippen LogP contribution is -2.42. The van der Waals surface area contributed by atoms with Gasteiger partial charge in [-0.1, -0.05) is 50.1 Å². The second-order valence-electron chi connectivity index (χ2n) is 9.10. The van der Waals surface area contributed by atoms with Crippen molar-refractivity contribution in [3.05, 3.63) is 56.7 Å². The third kappa shape index (κ3) is 4.45. The van der Waals surface area contributed by atoms with Crippen molar-refractivity contribution in [3.63, 3.8) is 0 Å². The molecule has 0 aliphatic heterocycles. The highest BCUT2D eigenvalue weighted by molar-refractivity contribution is 5.95. The Bertz CT molecular complexity index is 1040. The molecule has 3 N–H and O–H groups in total. The predicted molar refractivity (Wildman–Crippen MR) is 122 cm³/mol. The number of benzene rings is 1. The summed E-state index contributed by atoms with van der Waals surface area (Å²) in [6, 6.07) is 9.46. The first-order valence-corrected chi connectivity index (χ1v) is 11.4. The van der Waals surface area contributed by atoms with Crippen LogP contribution in [0.4, 0.5) is 11.5 Å². The van der Waals surface area contributed by atoms with Crippen LogP contribution in [-0.2, 0) is 11.3 Å². The van der Waals surface area contributed by atoms with Crippen LogP contribution in [0.2, 0.25) is 0 Å². The van der Waals surface area contributed by atoms with Gasteiger partial charge in [0.05, 0.1) is 6.54 Å². The van der Waals surface area contributed by atoms with Gasteiger partial charge in [0.2, 0.25) is 5.91 Å². The van der Waals surface area contributed by atoms with Crippen LogP contribution in [0.25, 0.3) is 0 Å². The van der Waals surface area contributed by atoms with Gasteiger partial charge in [-0.05, 0) is 49.0 Å². The third-order valence-corrected chi connectivity index (χ3v) is 7.03. The highest BCUT2D eigenvalue weighted by Gasteiger charge is 2.41. The number of amides is 1. The van der Waals surface area contributed by atoms with Gasteiger partial charge >= 0.3 is 5.69 Å². The lowest BCUT2D eigenvalue weighted by atomic mass is 9.86. The lowest BCUT2D eigenvalue weighted by molar-refractivity contribution is -0.119. The van der Waals surface area contributed by atoms with Crippen LogP contribution in [-0.4, -0.2) is 22.0 Å². The highest BCUT2D eigenvalue weighted by atomic mass is 16.2. The fourth-order valence-corrected chi connectivity index (χ4v) is 5.40. The number of nitrogens with one attached hydrogen (secondary N) is 1. The minimum atomic E-state index is -0.593. The van der Waals surface area contributed by atoms with Crippen LogP contribution < -0.4 is 21.9 Å². The van der Waals surface area contributed by atoms with Gasteiger partial charge in [0.1, 0.15) is 5.82 Å². The van der Waals surface area contributed by atoms with Crippen LogP contribution in [0.5, 0.6) is 0 Å². The Morgan fingerprint density at radius 3 is 2.61 bits per heavy atom. The van der Waals surface area contributed by atoms with E-state index in [0.717, 1.165) is 30.7 Å². The minimum absolute atomic E-state index is 0.0509. The number of unbranched alkanes of at least 4 members (excludes halogenated alkanes) is 1. The molecule has 4 rings (SSSR count). The number of aromatic amines is 1. The van der Waals surface area contributed by atoms with Gasteiger partial charge in [-0.25, -0.2) is 4.79 Å². The number of rotatable bonds is 8. The minimum Gasteiger partial charge on any atom is -0.383 e. The van der Waals surface area contributed by atoms with E-state index in [-0.39, 0.29) is 24.0 Å². The molecule has 1 aromatic carbocycles. The number of nitrogens with two attached hydrogens (primary N) is 1. The molecule has 7 heteroatoms. The molecule has 31 heavy (non-hydrogen) atoms. The number of fused-ring (bicyclic) bond motifs is 2. The zero-order chi connectivity index (χ0) is 22.0. The van der Waals surface area contributed by atoms with Crippen LogP contribution in [0, 0.1) is 17.8 Å². The van der Waals surface area contributed by atoms with Gasteiger partial charge in [0, 0.05) is 13.0 Å². The van der Waals surface area contributed by atoms with Gasteiger partial charge < -0.3 is 10.6 Å². The Hall–Kier alpha value is -2.83. The zero-order valence-electron chi connectivity index (χ0n) is 18.2. The first-order valence-electron chi connectivity index (χ1n) is 11.4. The average molecular weight is 425 g/mol. The van der Waals surface area contributed by atoms with E-state index >= 15 is 0 Å². The number of nitrogens with zero attached hydrogens (tertiary/aromatic N) is 2. The van der Waals surface area contributed by atoms with Gasteiger partial charge in [-0.3, -0.25) is 19.1 Å². The summed E-state index contributed by atoms with van der Waals surface area (Å²) in [6.45, 7) is 2.70. The molecule has 2 bridgehead atoms. The molecular weight excluding hydrogens is 392 g/mol. The SMILES string of the molecule is CCCCN(C(=O)C[C@@H]1C[C@H]2CC[C@H]1C2)c1c(N)n(Cc2ccccc2)c(=O)[nH]c1=O. The van der Waals surface area contributed by atoms with E-state index in [4.69, 9.17) is 5.73 Å². The lowest BCUT2D eigenvalue weighted by Gasteiger charge is -2.28. The fraction of sp³-hybridized carbons (Fsp3) is 0.542. The van der Waals surface area contributed by atoms with Gasteiger partial charge in [-0.15, -0.1) is 0 Å². The summed E-state index contributed by atoms with van der Waals surface area (Å²) in [4.78, 5) is 42.6. The van der Waals surface area contributed by atoms with Crippen molar-refractivity contribution in [3.8, 4) is 0 Å². The van der Waals surface area contributed by atoms with Crippen molar-refractivity contribution >= 4 is 17.4 Å². The Balaban J connectivity index is 1.65. The van der Waals surface area contributed by atoms with Crippen molar-refractivity contribution < 1.29 is 4.79 Å². The average Bonchev–Trinajstić information content (AvgIpc) is 3.37. The van der Waals surface area contributed by atoms with E-state index in [1.54, 1.807) is 0 Å². The Kier molecular flexibility index (Phi) is 6.30. The van der Waals surface area contributed by atoms with E-state index in [9.17, 15) is 14.4 Å². The van der Waals surface area contributed by atoms with E-state index < -0.39 is 11.2 Å². The standard InChI is InChI=1S/C24H32N4O3/c1-2-3-11-27(20(29)14-19-13-17-9-10-18(19)12-17)21-22(25)28(24(31)26-23(21)30)15-16-7-5-4-6-8-16/h4-8,17-19H,2-3,9-15,25H2,1H3,(H,26,30,31)/t17-,18-,19-/m0/s1. The van der Waals surface area contributed by atoms with Crippen LogP contribution in [0.1, 0.15) is 57.4 Å². The molecule has 3 atom stereocenters. The van der Waals surface area contributed by atoms with Gasteiger partial charge in [0.15, 0.2) is 5.69 Å². The van der Waals surface area contributed by atoms with Crippen molar-refractivity contribution in [2.24, 2.45) is 17.8 Å². The molecule has 2 fully saturated rings. The smallest absolute Gasteiger partial charge is 0.330 e. The highest BCUT2D eigenvalue weighted by Crippen LogP contribution is 2.49. The second-order valence-corrected chi connectivity index (χ2v) is 9.10. The monoisotopic (exact) mass is 424 g/mol. The summed E-state index contributed by atoms with van der Waals surface area (Å²) < 4.78 is 1.34. The maximum absolute atomic E-state index is 13.4. The molecule has 0 unspecified atom stereocenters. The molecule has 7 nitrogen and oxygen atoms in total. The van der Waals surface area contributed by atoms with E-state index in [1.165, 1.54) is 28.7 Å². The van der Waals surface area contributed by atoms with Crippen molar-refractivity contribution in [1.29, 1.82) is 0 Å². The van der Waals surface area contributed by atoms with Gasteiger partial charge in [-0.2, -0.15) is 0 Å². The number of hydrogen-bond acceptors (Lipinski definition) is 4. The van der Waals surface area contributed by atoms with E-state index in [0.29, 0.717) is 24.8 Å². The Morgan fingerprint density at radius 1 is 1.19 bits per heavy atom. The zero-order valence-corrected chi connectivity index (χ0v) is 18.2. The maximum Gasteiger partial charge on any atom is 0.330 e. The number of aromatic nitrogens is 2. The van der Waals surface area contributed by atoms with Crippen molar-refractivity contribution in [2.45, 2.75) is 58.4 Å². The molecule has 2 aliphatic carbocycles. The summed E-state index contributed by atoms with van der Waals surface area (Å²) in [5.41, 5.74) is 6.20. The molecular formula is C24H32N4O3. The Labute approximate surface area is 182 Å². The van der Waals surface area contributed by atoms with Crippen molar-refractivity contribution in [1.82, 2.24) is 9.55 Å². The first-order chi connectivity index (χ1) is 15.0. The molecule has 1 amide bonds. The molecule has 2 aromatic rings. The number of carbonyl (C=O) groups excluding carboxylic acids is 1. The second kappa shape index (κ2) is 9.12. The van der Waals surface area contributed by atoms with Crippen molar-refractivity contribution in [2.75, 3.05) is 17.2 Å². The largest absolute Gasteiger partial charge is 0.383 e. The molecule has 166 valence electrons. The summed E-state index contributed by atoms with van der Waals surface area (Å²) in [5.74, 6) is 1.77. The van der Waals surface area contributed by atoms with Crippen LogP contribution in [0.15, 0.2) is 39.9 Å². The molecule has 0 saturated heterocycles. The molecule has 1 aromatic heterocycles. The molecule has 2 aliphatic rings. The third-order valence-electron chi connectivity index (χ3n) is 7.03. The van der Waals surface area contributed by atoms with E-state index in [1.807, 2.05) is 37.3 Å². The topological polar surface area (TPSA) is 101 Å². The Morgan fingerprint density at radius 2 is 1.97 bits per heavy atom. The summed E-state index contributed by atoms with van der Waals surface area (Å²) in [5, 5.41) is 0. The normalized spacial score (nSPS) is 22.0. The summed E-state index contributed by atoms with van der Waals surface area (Å²) in [6.07, 6.45) is 6.93. The molecule has 2 saturated carbocycles. The van der Waals surface area contributed by atoms with E-state index in [2.05, 4.69) is 4.98 Å². The summed E-state index contributed by atoms with van der Waals surface area (Å²) in [7, 11) is 0. The van der Waals surface area contributed by atoms with Gasteiger partial charge in [0.25, 0.3) is 5.56 Å².